The summed E-state index contributed by atoms with van der Waals surface area (Å²) >= 11 is 0. The summed E-state index contributed by atoms with van der Waals surface area (Å²) in [5.41, 5.74) is 3.87. The van der Waals surface area contributed by atoms with Crippen molar-refractivity contribution in [2.75, 3.05) is 5.43 Å². The van der Waals surface area contributed by atoms with Crippen LogP contribution in [0.2, 0.25) is 0 Å². The Morgan fingerprint density at radius 3 is 2.56 bits per heavy atom. The molecule has 0 spiro atoms. The van der Waals surface area contributed by atoms with Crippen molar-refractivity contribution < 1.29 is 13.5 Å². The third-order valence-electron chi connectivity index (χ3n) is 4.65. The molecule has 34 heavy (non-hydrogen) atoms. The molecular weight excluding hydrogens is 440 g/mol. The van der Waals surface area contributed by atoms with E-state index in [1.807, 2.05) is 12.1 Å². The monoisotopic (exact) mass is 457 g/mol. The third kappa shape index (κ3) is 5.49. The van der Waals surface area contributed by atoms with Crippen molar-refractivity contribution >= 4 is 12.2 Å². The number of hydrogen-bond acceptors (Lipinski definition) is 6. The molecule has 0 aliphatic rings. The van der Waals surface area contributed by atoms with E-state index in [4.69, 9.17) is 4.74 Å². The highest BCUT2D eigenvalue weighted by atomic mass is 19.1. The first-order chi connectivity index (χ1) is 16.5. The molecule has 0 bridgehead atoms. The Hall–Kier alpha value is -4.84. The van der Waals surface area contributed by atoms with Crippen molar-refractivity contribution in [2.24, 2.45) is 5.10 Å². The molecule has 0 aliphatic carbocycles. The number of H-pyrrole nitrogens is 1. The zero-order valence-electron chi connectivity index (χ0n) is 17.6. The van der Waals surface area contributed by atoms with E-state index in [9.17, 15) is 18.8 Å². The fraction of sp³-hybridized carbons (Fsp3) is 0.0400. The molecule has 4 aromatic rings. The number of aromatic nitrogens is 2. The molecule has 0 fully saturated rings. The lowest BCUT2D eigenvalue weighted by Gasteiger charge is -2.08. The minimum absolute atomic E-state index is 0.00775. The number of anilines is 1. The van der Waals surface area contributed by atoms with Crippen LogP contribution in [0.25, 0.3) is 11.3 Å². The smallest absolute Gasteiger partial charge is 0.270 e. The SMILES string of the molecule is N#Cc1c(-c2ccccc2)nc(NN=Cc2cccc(OCc3cc(F)cc(F)c3)c2)[nH]c1=O. The van der Waals surface area contributed by atoms with Crippen LogP contribution in [0, 0.1) is 23.0 Å². The molecule has 1 aromatic heterocycles. The predicted octanol–water partition coefficient (Wildman–Crippen LogP) is 4.61. The number of nitriles is 1. The molecule has 1 heterocycles. The van der Waals surface area contributed by atoms with Crippen molar-refractivity contribution in [3.05, 3.63) is 111 Å². The van der Waals surface area contributed by atoms with Gasteiger partial charge in [0.2, 0.25) is 5.95 Å². The van der Waals surface area contributed by atoms with E-state index in [1.54, 1.807) is 48.5 Å². The summed E-state index contributed by atoms with van der Waals surface area (Å²) in [4.78, 5) is 19.1. The van der Waals surface area contributed by atoms with Crippen molar-refractivity contribution in [2.45, 2.75) is 6.61 Å². The Balaban J connectivity index is 1.47. The third-order valence-corrected chi connectivity index (χ3v) is 4.65. The minimum Gasteiger partial charge on any atom is -0.489 e. The van der Waals surface area contributed by atoms with Crippen LogP contribution in [0.4, 0.5) is 14.7 Å². The van der Waals surface area contributed by atoms with E-state index in [0.717, 1.165) is 6.07 Å². The van der Waals surface area contributed by atoms with Gasteiger partial charge < -0.3 is 4.74 Å². The van der Waals surface area contributed by atoms with Gasteiger partial charge in [-0.15, -0.1) is 0 Å². The Labute approximate surface area is 193 Å². The highest BCUT2D eigenvalue weighted by Crippen LogP contribution is 2.20. The van der Waals surface area contributed by atoms with Gasteiger partial charge in [0.25, 0.3) is 5.56 Å². The van der Waals surface area contributed by atoms with E-state index in [-0.39, 0.29) is 23.8 Å². The molecule has 0 radical (unpaired) electrons. The number of aromatic amines is 1. The molecule has 0 saturated heterocycles. The summed E-state index contributed by atoms with van der Waals surface area (Å²) < 4.78 is 32.3. The van der Waals surface area contributed by atoms with Crippen molar-refractivity contribution in [1.82, 2.24) is 9.97 Å². The number of halogens is 2. The van der Waals surface area contributed by atoms with Gasteiger partial charge in [-0.2, -0.15) is 10.4 Å². The van der Waals surface area contributed by atoms with Crippen LogP contribution in [0.5, 0.6) is 5.75 Å². The molecule has 0 unspecified atom stereocenters. The maximum Gasteiger partial charge on any atom is 0.270 e. The van der Waals surface area contributed by atoms with E-state index in [0.29, 0.717) is 22.4 Å². The number of hydrogen-bond donors (Lipinski definition) is 2. The second kappa shape index (κ2) is 10.2. The summed E-state index contributed by atoms with van der Waals surface area (Å²) in [5.74, 6) is -0.796. The normalized spacial score (nSPS) is 10.7. The summed E-state index contributed by atoms with van der Waals surface area (Å²) in [7, 11) is 0. The molecule has 9 heteroatoms. The van der Waals surface area contributed by atoms with E-state index >= 15 is 0 Å². The van der Waals surface area contributed by atoms with Crippen LogP contribution < -0.4 is 15.7 Å². The quantitative estimate of drug-likeness (QED) is 0.312. The van der Waals surface area contributed by atoms with E-state index in [1.165, 1.54) is 18.3 Å². The number of hydrazone groups is 1. The second-order valence-corrected chi connectivity index (χ2v) is 7.12. The lowest BCUT2D eigenvalue weighted by atomic mass is 10.1. The molecule has 0 saturated carbocycles. The van der Waals surface area contributed by atoms with Crippen LogP contribution in [0.1, 0.15) is 16.7 Å². The molecule has 168 valence electrons. The summed E-state index contributed by atoms with van der Waals surface area (Å²) in [6.07, 6.45) is 1.48. The summed E-state index contributed by atoms with van der Waals surface area (Å²) in [6.45, 7) is -0.00775. The van der Waals surface area contributed by atoms with Gasteiger partial charge in [-0.1, -0.05) is 42.5 Å². The number of ether oxygens (including phenoxy) is 1. The Kier molecular flexibility index (Phi) is 6.70. The largest absolute Gasteiger partial charge is 0.489 e. The van der Waals surface area contributed by atoms with Crippen LogP contribution in [0.15, 0.2) is 82.7 Å². The Morgan fingerprint density at radius 2 is 1.82 bits per heavy atom. The van der Waals surface area contributed by atoms with Gasteiger partial charge in [-0.3, -0.25) is 9.78 Å². The predicted molar refractivity (Wildman–Crippen MR) is 123 cm³/mol. The molecular formula is C25H17F2N5O2. The first-order valence-electron chi connectivity index (χ1n) is 10.1. The van der Waals surface area contributed by atoms with Crippen molar-refractivity contribution in [3.63, 3.8) is 0 Å². The van der Waals surface area contributed by atoms with E-state index < -0.39 is 17.2 Å². The highest BCUT2D eigenvalue weighted by Gasteiger charge is 2.12. The highest BCUT2D eigenvalue weighted by molar-refractivity contribution is 5.80. The molecule has 0 aliphatic heterocycles. The van der Waals surface area contributed by atoms with Gasteiger partial charge in [0.1, 0.15) is 35.6 Å². The van der Waals surface area contributed by atoms with Crippen molar-refractivity contribution in [3.8, 4) is 23.1 Å². The Morgan fingerprint density at radius 1 is 1.06 bits per heavy atom. The standard InChI is InChI=1S/C25H17F2N5O2/c26-19-9-17(10-20(27)12-19)15-34-21-8-4-5-16(11-21)14-29-32-25-30-23(18-6-2-1-3-7-18)22(13-28)24(33)31-25/h1-12,14H,15H2,(H2,30,31,32,33). The average molecular weight is 457 g/mol. The molecule has 0 atom stereocenters. The van der Waals surface area contributed by atoms with Gasteiger partial charge in [0, 0.05) is 11.6 Å². The van der Waals surface area contributed by atoms with Gasteiger partial charge in [0.05, 0.1) is 11.9 Å². The average Bonchev–Trinajstić information content (AvgIpc) is 2.83. The maximum absolute atomic E-state index is 13.3. The Bertz CT molecular complexity index is 1430. The molecule has 2 N–H and O–H groups in total. The molecule has 4 rings (SSSR count). The molecule has 0 amide bonds. The lowest BCUT2D eigenvalue weighted by molar-refractivity contribution is 0.305. The molecule has 3 aromatic carbocycles. The van der Waals surface area contributed by atoms with E-state index in [2.05, 4.69) is 20.5 Å². The first kappa shape index (κ1) is 22.4. The fourth-order valence-corrected chi connectivity index (χ4v) is 3.15. The maximum atomic E-state index is 13.3. The first-order valence-corrected chi connectivity index (χ1v) is 10.1. The van der Waals surface area contributed by atoms with Crippen LogP contribution in [-0.2, 0) is 6.61 Å². The number of rotatable bonds is 7. The zero-order valence-corrected chi connectivity index (χ0v) is 17.6. The number of nitrogens with one attached hydrogen (secondary N) is 2. The van der Waals surface area contributed by atoms with Gasteiger partial charge in [-0.25, -0.2) is 19.2 Å². The van der Waals surface area contributed by atoms with Crippen LogP contribution >= 0.6 is 0 Å². The number of benzene rings is 3. The van der Waals surface area contributed by atoms with Gasteiger partial charge in [-0.05, 0) is 35.4 Å². The molecule has 7 nitrogen and oxygen atoms in total. The number of nitrogens with zero attached hydrogens (tertiary/aromatic N) is 3. The zero-order chi connectivity index (χ0) is 23.9. The van der Waals surface area contributed by atoms with Gasteiger partial charge in [0.15, 0.2) is 0 Å². The minimum atomic E-state index is -0.671. The van der Waals surface area contributed by atoms with Gasteiger partial charge >= 0.3 is 0 Å². The van der Waals surface area contributed by atoms with Crippen LogP contribution in [0.3, 0.4) is 0 Å². The van der Waals surface area contributed by atoms with Crippen molar-refractivity contribution in [1.29, 1.82) is 5.26 Å². The fourth-order valence-electron chi connectivity index (χ4n) is 3.15. The van der Waals surface area contributed by atoms with Crippen LogP contribution in [-0.4, -0.2) is 16.2 Å². The second-order valence-electron chi connectivity index (χ2n) is 7.12. The topological polar surface area (TPSA) is 103 Å². The summed E-state index contributed by atoms with van der Waals surface area (Å²) in [5, 5.41) is 13.4. The summed E-state index contributed by atoms with van der Waals surface area (Å²) in [6, 6.07) is 20.9. The lowest BCUT2D eigenvalue weighted by Crippen LogP contribution is -2.16.